The van der Waals surface area contributed by atoms with Crippen LogP contribution < -0.4 is 11.5 Å². The van der Waals surface area contributed by atoms with Crippen LogP contribution >= 0.6 is 0 Å². The number of anilines is 1. The van der Waals surface area contributed by atoms with Gasteiger partial charge in [-0.1, -0.05) is 0 Å². The number of hydrogen-bond acceptors (Lipinski definition) is 4. The van der Waals surface area contributed by atoms with Crippen LogP contribution in [0.5, 0.6) is 0 Å². The molecule has 0 bridgehead atoms. The average Bonchev–Trinajstić information content (AvgIpc) is 2.64. The SMILES string of the molecule is CC(C)(Cn1c(N)nc2ccc(C#N)cc21)C(N)=O. The molecule has 0 saturated carbocycles. The summed E-state index contributed by atoms with van der Waals surface area (Å²) >= 11 is 0. The fourth-order valence-electron chi connectivity index (χ4n) is 1.85. The van der Waals surface area contributed by atoms with Crippen LogP contribution in [0, 0.1) is 16.7 Å². The second-order valence-corrected chi connectivity index (χ2v) is 5.12. The Morgan fingerprint density at radius 1 is 1.53 bits per heavy atom. The van der Waals surface area contributed by atoms with Crippen LogP contribution in [-0.4, -0.2) is 15.5 Å². The summed E-state index contributed by atoms with van der Waals surface area (Å²) in [7, 11) is 0. The van der Waals surface area contributed by atoms with Crippen LogP contribution in [0.2, 0.25) is 0 Å². The van der Waals surface area contributed by atoms with Gasteiger partial charge in [-0.05, 0) is 32.0 Å². The zero-order chi connectivity index (χ0) is 14.2. The Labute approximate surface area is 110 Å². The molecular formula is C13H15N5O. The van der Waals surface area contributed by atoms with Gasteiger partial charge in [-0.2, -0.15) is 5.26 Å². The van der Waals surface area contributed by atoms with E-state index in [1.807, 2.05) is 0 Å². The quantitative estimate of drug-likeness (QED) is 0.854. The van der Waals surface area contributed by atoms with E-state index in [1.165, 1.54) is 0 Å². The van der Waals surface area contributed by atoms with E-state index < -0.39 is 11.3 Å². The van der Waals surface area contributed by atoms with Crippen molar-refractivity contribution in [3.63, 3.8) is 0 Å². The lowest BCUT2D eigenvalue weighted by Crippen LogP contribution is -2.35. The molecule has 6 nitrogen and oxygen atoms in total. The Balaban J connectivity index is 2.57. The highest BCUT2D eigenvalue weighted by Crippen LogP contribution is 2.25. The van der Waals surface area contributed by atoms with Crippen molar-refractivity contribution in [1.29, 1.82) is 5.26 Å². The van der Waals surface area contributed by atoms with Crippen molar-refractivity contribution in [3.05, 3.63) is 23.8 Å². The van der Waals surface area contributed by atoms with Crippen molar-refractivity contribution in [1.82, 2.24) is 9.55 Å². The molecule has 19 heavy (non-hydrogen) atoms. The Kier molecular flexibility index (Phi) is 2.91. The fourth-order valence-corrected chi connectivity index (χ4v) is 1.85. The Morgan fingerprint density at radius 2 is 2.21 bits per heavy atom. The van der Waals surface area contributed by atoms with Gasteiger partial charge in [0.1, 0.15) is 0 Å². The predicted molar refractivity (Wildman–Crippen MR) is 71.8 cm³/mol. The van der Waals surface area contributed by atoms with Crippen molar-refractivity contribution in [3.8, 4) is 6.07 Å². The first-order valence-corrected chi connectivity index (χ1v) is 5.81. The van der Waals surface area contributed by atoms with E-state index in [1.54, 1.807) is 36.6 Å². The number of rotatable bonds is 3. The molecule has 0 saturated heterocycles. The average molecular weight is 257 g/mol. The van der Waals surface area contributed by atoms with Crippen molar-refractivity contribution in [2.24, 2.45) is 11.1 Å². The highest BCUT2D eigenvalue weighted by molar-refractivity contribution is 5.82. The molecule has 1 amide bonds. The zero-order valence-corrected chi connectivity index (χ0v) is 10.8. The molecule has 98 valence electrons. The number of imidazole rings is 1. The normalized spacial score (nSPS) is 11.4. The molecule has 2 aromatic rings. The van der Waals surface area contributed by atoms with Crippen molar-refractivity contribution >= 4 is 22.9 Å². The first-order chi connectivity index (χ1) is 8.85. The lowest BCUT2D eigenvalue weighted by atomic mass is 9.92. The van der Waals surface area contributed by atoms with Gasteiger partial charge in [0.25, 0.3) is 0 Å². The van der Waals surface area contributed by atoms with E-state index in [0.29, 0.717) is 23.6 Å². The third-order valence-electron chi connectivity index (χ3n) is 3.13. The number of hydrogen-bond donors (Lipinski definition) is 2. The molecule has 6 heteroatoms. The zero-order valence-electron chi connectivity index (χ0n) is 10.8. The van der Waals surface area contributed by atoms with Gasteiger partial charge in [-0.15, -0.1) is 0 Å². The molecule has 0 unspecified atom stereocenters. The Morgan fingerprint density at radius 3 is 2.79 bits per heavy atom. The number of nitrogens with two attached hydrogens (primary N) is 2. The van der Waals surface area contributed by atoms with E-state index in [0.717, 1.165) is 5.52 Å². The van der Waals surface area contributed by atoms with Crippen LogP contribution in [0.15, 0.2) is 18.2 Å². The first kappa shape index (κ1) is 12.9. The predicted octanol–water partition coefficient (Wildman–Crippen LogP) is 1.00. The number of nitrogens with zero attached hydrogens (tertiary/aromatic N) is 3. The summed E-state index contributed by atoms with van der Waals surface area (Å²) in [6, 6.07) is 7.18. The summed E-state index contributed by atoms with van der Waals surface area (Å²) in [5, 5.41) is 8.93. The van der Waals surface area contributed by atoms with Gasteiger partial charge in [-0.3, -0.25) is 4.79 Å². The molecule has 0 spiro atoms. The van der Waals surface area contributed by atoms with E-state index in [-0.39, 0.29) is 0 Å². The van der Waals surface area contributed by atoms with Gasteiger partial charge in [0.2, 0.25) is 11.9 Å². The summed E-state index contributed by atoms with van der Waals surface area (Å²) < 4.78 is 1.71. The van der Waals surface area contributed by atoms with E-state index >= 15 is 0 Å². The largest absolute Gasteiger partial charge is 0.369 e. The molecule has 0 atom stereocenters. The first-order valence-electron chi connectivity index (χ1n) is 5.81. The lowest BCUT2D eigenvalue weighted by Gasteiger charge is -2.21. The van der Waals surface area contributed by atoms with Gasteiger partial charge in [0.15, 0.2) is 0 Å². The molecule has 1 aromatic carbocycles. The maximum absolute atomic E-state index is 11.4. The van der Waals surface area contributed by atoms with Crippen molar-refractivity contribution < 1.29 is 4.79 Å². The van der Waals surface area contributed by atoms with Crippen LogP contribution in [-0.2, 0) is 11.3 Å². The minimum absolute atomic E-state index is 0.305. The molecule has 4 N–H and O–H groups in total. The summed E-state index contributed by atoms with van der Waals surface area (Å²) in [4.78, 5) is 15.6. The summed E-state index contributed by atoms with van der Waals surface area (Å²) in [5.74, 6) is -0.107. The molecule has 0 aliphatic heterocycles. The molecule has 0 aliphatic rings. The standard InChI is InChI=1S/C13H15N5O/c1-13(2,11(15)19)7-18-10-5-8(6-14)3-4-9(10)17-12(18)16/h3-5H,7H2,1-2H3,(H2,15,19)(H2,16,17). The van der Waals surface area contributed by atoms with Gasteiger partial charge < -0.3 is 16.0 Å². The van der Waals surface area contributed by atoms with Crippen molar-refractivity contribution in [2.75, 3.05) is 5.73 Å². The van der Waals surface area contributed by atoms with Gasteiger partial charge in [-0.25, -0.2) is 4.98 Å². The van der Waals surface area contributed by atoms with Crippen molar-refractivity contribution in [2.45, 2.75) is 20.4 Å². The molecule has 1 heterocycles. The summed E-state index contributed by atoms with van der Waals surface area (Å²) in [6.07, 6.45) is 0. The number of nitrogen functional groups attached to an aromatic ring is 1. The number of aromatic nitrogens is 2. The second-order valence-electron chi connectivity index (χ2n) is 5.12. The fraction of sp³-hybridized carbons (Fsp3) is 0.308. The number of carbonyl (C=O) groups excluding carboxylic acids is 1. The van der Waals surface area contributed by atoms with E-state index in [9.17, 15) is 4.79 Å². The van der Waals surface area contributed by atoms with Gasteiger partial charge in [0, 0.05) is 6.54 Å². The highest BCUT2D eigenvalue weighted by Gasteiger charge is 2.27. The Bertz CT molecular complexity index is 693. The highest BCUT2D eigenvalue weighted by atomic mass is 16.1. The minimum atomic E-state index is -0.746. The van der Waals surface area contributed by atoms with Crippen LogP contribution in [0.4, 0.5) is 5.95 Å². The van der Waals surface area contributed by atoms with E-state index in [4.69, 9.17) is 16.7 Å². The molecule has 0 radical (unpaired) electrons. The molecule has 1 aromatic heterocycles. The second kappa shape index (κ2) is 4.28. The van der Waals surface area contributed by atoms with Crippen LogP contribution in [0.3, 0.4) is 0 Å². The number of amides is 1. The maximum Gasteiger partial charge on any atom is 0.224 e. The minimum Gasteiger partial charge on any atom is -0.369 e. The molecule has 2 rings (SSSR count). The number of fused-ring (bicyclic) bond motifs is 1. The van der Waals surface area contributed by atoms with Gasteiger partial charge >= 0.3 is 0 Å². The number of primary amides is 1. The number of benzene rings is 1. The number of carbonyl (C=O) groups is 1. The third kappa shape index (κ3) is 2.22. The summed E-state index contributed by atoms with van der Waals surface area (Å²) in [5.41, 5.74) is 12.4. The monoisotopic (exact) mass is 257 g/mol. The smallest absolute Gasteiger partial charge is 0.224 e. The Hall–Kier alpha value is -2.55. The van der Waals surface area contributed by atoms with Gasteiger partial charge in [0.05, 0.1) is 28.1 Å². The third-order valence-corrected chi connectivity index (χ3v) is 3.13. The molecule has 0 fully saturated rings. The van der Waals surface area contributed by atoms with Crippen LogP contribution in [0.1, 0.15) is 19.4 Å². The number of nitriles is 1. The lowest BCUT2D eigenvalue weighted by molar-refractivity contribution is -0.126. The summed E-state index contributed by atoms with van der Waals surface area (Å²) in [6.45, 7) is 3.81. The van der Waals surface area contributed by atoms with Crippen LogP contribution in [0.25, 0.3) is 11.0 Å². The topological polar surface area (TPSA) is 111 Å². The van der Waals surface area contributed by atoms with E-state index in [2.05, 4.69) is 11.1 Å². The molecular weight excluding hydrogens is 242 g/mol. The maximum atomic E-state index is 11.4. The molecule has 0 aliphatic carbocycles.